The summed E-state index contributed by atoms with van der Waals surface area (Å²) in [6.45, 7) is 3.64. The average Bonchev–Trinajstić information content (AvgIpc) is 3.00. The Morgan fingerprint density at radius 3 is 2.77 bits per heavy atom. The quantitative estimate of drug-likeness (QED) is 0.889. The van der Waals surface area contributed by atoms with Crippen molar-refractivity contribution in [1.29, 1.82) is 0 Å². The molecule has 1 atom stereocenters. The molecule has 2 aromatic rings. The molecule has 3 rings (SSSR count). The molecule has 2 N–H and O–H groups in total. The molecule has 116 valence electrons. The second kappa shape index (κ2) is 6.71. The van der Waals surface area contributed by atoms with Crippen LogP contribution in [0.2, 0.25) is 0 Å². The summed E-state index contributed by atoms with van der Waals surface area (Å²) >= 11 is 0. The van der Waals surface area contributed by atoms with Gasteiger partial charge in [0.1, 0.15) is 5.75 Å². The van der Waals surface area contributed by atoms with Crippen LogP contribution >= 0.6 is 0 Å². The highest BCUT2D eigenvalue weighted by atomic mass is 16.7. The van der Waals surface area contributed by atoms with Crippen LogP contribution in [0.1, 0.15) is 23.5 Å². The van der Waals surface area contributed by atoms with E-state index in [2.05, 4.69) is 31.2 Å². The van der Waals surface area contributed by atoms with E-state index in [9.17, 15) is 0 Å². The Morgan fingerprint density at radius 2 is 1.95 bits per heavy atom. The van der Waals surface area contributed by atoms with E-state index in [4.69, 9.17) is 19.9 Å². The standard InChI is InChI=1S/C18H21NO3/c1-13-4-2-3-5-16(13)14(11-19)8-9-20-15-6-7-17-18(10-15)22-12-21-17/h2-7,10,14H,8-9,11-12,19H2,1H3. The van der Waals surface area contributed by atoms with Crippen LogP contribution in [-0.4, -0.2) is 19.9 Å². The number of rotatable bonds is 6. The average molecular weight is 299 g/mol. The van der Waals surface area contributed by atoms with Crippen molar-refractivity contribution in [3.05, 3.63) is 53.6 Å². The highest BCUT2D eigenvalue weighted by Crippen LogP contribution is 2.35. The fourth-order valence-electron chi connectivity index (χ4n) is 2.73. The lowest BCUT2D eigenvalue weighted by Gasteiger charge is -2.18. The minimum absolute atomic E-state index is 0.279. The van der Waals surface area contributed by atoms with Crippen LogP contribution in [0.4, 0.5) is 0 Å². The maximum Gasteiger partial charge on any atom is 0.231 e. The van der Waals surface area contributed by atoms with Crippen molar-refractivity contribution in [1.82, 2.24) is 0 Å². The predicted octanol–water partition coefficient (Wildman–Crippen LogP) is 3.24. The molecule has 0 spiro atoms. The molecule has 2 aromatic carbocycles. The number of aryl methyl sites for hydroxylation is 1. The Morgan fingerprint density at radius 1 is 1.14 bits per heavy atom. The van der Waals surface area contributed by atoms with E-state index in [1.54, 1.807) is 0 Å². The number of nitrogens with two attached hydrogens (primary N) is 1. The molecule has 1 aliphatic rings. The third kappa shape index (κ3) is 3.17. The minimum Gasteiger partial charge on any atom is -0.493 e. The van der Waals surface area contributed by atoms with Crippen molar-refractivity contribution in [2.45, 2.75) is 19.3 Å². The lowest BCUT2D eigenvalue weighted by Crippen LogP contribution is -2.16. The van der Waals surface area contributed by atoms with Gasteiger partial charge in [-0.2, -0.15) is 0 Å². The molecule has 0 amide bonds. The molecular weight excluding hydrogens is 278 g/mol. The summed E-state index contributed by atoms with van der Waals surface area (Å²) in [5, 5.41) is 0. The zero-order chi connectivity index (χ0) is 15.4. The summed E-state index contributed by atoms with van der Waals surface area (Å²) in [7, 11) is 0. The molecule has 0 bridgehead atoms. The van der Waals surface area contributed by atoms with Gasteiger partial charge < -0.3 is 19.9 Å². The van der Waals surface area contributed by atoms with Gasteiger partial charge in [0.05, 0.1) is 6.61 Å². The summed E-state index contributed by atoms with van der Waals surface area (Å²) in [5.41, 5.74) is 8.52. The van der Waals surface area contributed by atoms with Crippen molar-refractivity contribution in [3.8, 4) is 17.2 Å². The molecule has 0 fully saturated rings. The van der Waals surface area contributed by atoms with Crippen LogP contribution in [0, 0.1) is 6.92 Å². The summed E-state index contributed by atoms with van der Waals surface area (Å²) < 4.78 is 16.5. The highest BCUT2D eigenvalue weighted by molar-refractivity contribution is 5.46. The lowest BCUT2D eigenvalue weighted by molar-refractivity contribution is 0.173. The van der Waals surface area contributed by atoms with Gasteiger partial charge in [-0.3, -0.25) is 0 Å². The number of hydrogen-bond donors (Lipinski definition) is 1. The summed E-state index contributed by atoms with van der Waals surface area (Å²) in [6, 6.07) is 14.0. The van der Waals surface area contributed by atoms with Crippen molar-refractivity contribution >= 4 is 0 Å². The van der Waals surface area contributed by atoms with Crippen LogP contribution < -0.4 is 19.9 Å². The molecule has 0 saturated heterocycles. The topological polar surface area (TPSA) is 53.7 Å². The normalized spacial score (nSPS) is 13.9. The molecule has 4 heteroatoms. The van der Waals surface area contributed by atoms with Gasteiger partial charge in [0, 0.05) is 6.07 Å². The van der Waals surface area contributed by atoms with Gasteiger partial charge in [-0.1, -0.05) is 24.3 Å². The molecule has 1 unspecified atom stereocenters. The minimum atomic E-state index is 0.279. The van der Waals surface area contributed by atoms with E-state index in [0.29, 0.717) is 19.1 Å². The van der Waals surface area contributed by atoms with Crippen LogP contribution in [0.5, 0.6) is 17.2 Å². The van der Waals surface area contributed by atoms with Crippen LogP contribution in [0.25, 0.3) is 0 Å². The van der Waals surface area contributed by atoms with Gasteiger partial charge in [0.15, 0.2) is 11.5 Å². The monoisotopic (exact) mass is 299 g/mol. The van der Waals surface area contributed by atoms with Gasteiger partial charge in [0.25, 0.3) is 0 Å². The number of hydrogen-bond acceptors (Lipinski definition) is 4. The fourth-order valence-corrected chi connectivity index (χ4v) is 2.73. The van der Waals surface area contributed by atoms with E-state index < -0.39 is 0 Å². The smallest absolute Gasteiger partial charge is 0.231 e. The molecule has 4 nitrogen and oxygen atoms in total. The van der Waals surface area contributed by atoms with Crippen LogP contribution in [0.15, 0.2) is 42.5 Å². The summed E-state index contributed by atoms with van der Waals surface area (Å²) in [4.78, 5) is 0. The maximum atomic E-state index is 5.93. The fraction of sp³-hybridized carbons (Fsp3) is 0.333. The van der Waals surface area contributed by atoms with Crippen molar-refractivity contribution in [2.75, 3.05) is 19.9 Å². The second-order valence-corrected chi connectivity index (χ2v) is 5.44. The zero-order valence-electron chi connectivity index (χ0n) is 12.7. The Balaban J connectivity index is 1.59. The Hall–Kier alpha value is -2.20. The Labute approximate surface area is 130 Å². The van der Waals surface area contributed by atoms with Crippen LogP contribution in [0.3, 0.4) is 0 Å². The molecule has 22 heavy (non-hydrogen) atoms. The molecule has 0 aromatic heterocycles. The van der Waals surface area contributed by atoms with E-state index in [1.165, 1.54) is 11.1 Å². The van der Waals surface area contributed by atoms with E-state index in [1.807, 2.05) is 18.2 Å². The molecule has 0 radical (unpaired) electrons. The van der Waals surface area contributed by atoms with Gasteiger partial charge in [-0.25, -0.2) is 0 Å². The largest absolute Gasteiger partial charge is 0.493 e. The highest BCUT2D eigenvalue weighted by Gasteiger charge is 2.15. The zero-order valence-corrected chi connectivity index (χ0v) is 12.7. The molecule has 0 saturated carbocycles. The predicted molar refractivity (Wildman–Crippen MR) is 85.7 cm³/mol. The molecule has 1 heterocycles. The van der Waals surface area contributed by atoms with Gasteiger partial charge in [-0.15, -0.1) is 0 Å². The van der Waals surface area contributed by atoms with Gasteiger partial charge >= 0.3 is 0 Å². The van der Waals surface area contributed by atoms with Crippen molar-refractivity contribution < 1.29 is 14.2 Å². The summed E-state index contributed by atoms with van der Waals surface area (Å²) in [5.74, 6) is 2.62. The first-order chi connectivity index (χ1) is 10.8. The number of benzene rings is 2. The SMILES string of the molecule is Cc1ccccc1C(CN)CCOc1ccc2c(c1)OCO2. The van der Waals surface area contributed by atoms with Crippen LogP contribution in [-0.2, 0) is 0 Å². The Bertz CT molecular complexity index is 642. The van der Waals surface area contributed by atoms with Crippen molar-refractivity contribution in [3.63, 3.8) is 0 Å². The third-order valence-electron chi connectivity index (χ3n) is 3.99. The first-order valence-electron chi connectivity index (χ1n) is 7.56. The van der Waals surface area contributed by atoms with E-state index >= 15 is 0 Å². The second-order valence-electron chi connectivity index (χ2n) is 5.44. The van der Waals surface area contributed by atoms with E-state index in [0.717, 1.165) is 23.7 Å². The number of fused-ring (bicyclic) bond motifs is 1. The lowest BCUT2D eigenvalue weighted by atomic mass is 9.92. The third-order valence-corrected chi connectivity index (χ3v) is 3.99. The Kier molecular flexibility index (Phi) is 4.49. The first-order valence-corrected chi connectivity index (χ1v) is 7.56. The molecule has 1 aliphatic heterocycles. The van der Waals surface area contributed by atoms with Crippen molar-refractivity contribution in [2.24, 2.45) is 5.73 Å². The maximum absolute atomic E-state index is 5.93. The van der Waals surface area contributed by atoms with Gasteiger partial charge in [0.2, 0.25) is 6.79 Å². The molecular formula is C18H21NO3. The number of ether oxygens (including phenoxy) is 3. The summed E-state index contributed by atoms with van der Waals surface area (Å²) in [6.07, 6.45) is 0.885. The first kappa shape index (κ1) is 14.7. The van der Waals surface area contributed by atoms with E-state index in [-0.39, 0.29) is 6.79 Å². The van der Waals surface area contributed by atoms with Gasteiger partial charge in [-0.05, 0) is 49.1 Å². The molecule has 0 aliphatic carbocycles.